The van der Waals surface area contributed by atoms with E-state index in [1.54, 1.807) is 7.11 Å². The van der Waals surface area contributed by atoms with Gasteiger partial charge >= 0.3 is 0 Å². The van der Waals surface area contributed by atoms with Crippen LogP contribution in [-0.4, -0.2) is 25.3 Å². The highest BCUT2D eigenvalue weighted by molar-refractivity contribution is 9.10. The molecule has 1 atom stereocenters. The largest absolute Gasteiger partial charge is 0.496 e. The highest BCUT2D eigenvalue weighted by Crippen LogP contribution is 2.25. The zero-order chi connectivity index (χ0) is 15.1. The molecule has 0 fully saturated rings. The molecule has 0 aliphatic rings. The van der Waals surface area contributed by atoms with Gasteiger partial charge in [0, 0.05) is 6.54 Å². The van der Waals surface area contributed by atoms with Gasteiger partial charge in [-0.3, -0.25) is 0 Å². The third-order valence-corrected chi connectivity index (χ3v) is 3.95. The second-order valence-corrected chi connectivity index (χ2v) is 5.70. The first kappa shape index (κ1) is 16.0. The van der Waals surface area contributed by atoms with E-state index in [9.17, 15) is 5.11 Å². The number of benzene rings is 2. The lowest BCUT2D eigenvalue weighted by molar-refractivity contribution is 0.175. The normalized spacial score (nSPS) is 12.1. The zero-order valence-electron chi connectivity index (χ0n) is 12.1. The van der Waals surface area contributed by atoms with Crippen molar-refractivity contribution in [2.24, 2.45) is 0 Å². The molecule has 2 N–H and O–H groups in total. The summed E-state index contributed by atoms with van der Waals surface area (Å²) in [5.41, 5.74) is 2.17. The minimum absolute atomic E-state index is 0.464. The molecule has 0 radical (unpaired) electrons. The molecular weight excluding hydrogens is 330 g/mol. The van der Waals surface area contributed by atoms with E-state index < -0.39 is 6.10 Å². The van der Waals surface area contributed by atoms with E-state index in [2.05, 4.69) is 33.4 Å². The number of aliphatic hydroxyl groups is 1. The number of hydrogen-bond acceptors (Lipinski definition) is 3. The first-order valence-corrected chi connectivity index (χ1v) is 7.76. The molecule has 0 aromatic heterocycles. The van der Waals surface area contributed by atoms with E-state index in [1.165, 1.54) is 5.56 Å². The lowest BCUT2D eigenvalue weighted by Gasteiger charge is -2.12. The fourth-order valence-corrected chi connectivity index (χ4v) is 2.72. The molecule has 2 rings (SSSR count). The summed E-state index contributed by atoms with van der Waals surface area (Å²) in [7, 11) is 1.66. The fourth-order valence-electron chi connectivity index (χ4n) is 2.13. The van der Waals surface area contributed by atoms with Gasteiger partial charge in [-0.25, -0.2) is 0 Å². The molecule has 0 saturated heterocycles. The minimum Gasteiger partial charge on any atom is -0.496 e. The lowest BCUT2D eigenvalue weighted by atomic mass is 10.1. The van der Waals surface area contributed by atoms with Gasteiger partial charge < -0.3 is 15.2 Å². The number of ether oxygens (including phenoxy) is 1. The van der Waals surface area contributed by atoms with Crippen molar-refractivity contribution in [2.75, 3.05) is 20.2 Å². The first-order valence-electron chi connectivity index (χ1n) is 6.97. The van der Waals surface area contributed by atoms with Crippen molar-refractivity contribution in [3.63, 3.8) is 0 Å². The van der Waals surface area contributed by atoms with E-state index in [1.807, 2.05) is 36.4 Å². The SMILES string of the molecule is COc1ccc(CCNC[C@H](O)c2ccccc2)cc1Br. The Morgan fingerprint density at radius 2 is 1.95 bits per heavy atom. The van der Waals surface area contributed by atoms with Crippen molar-refractivity contribution in [1.29, 1.82) is 0 Å². The first-order chi connectivity index (χ1) is 10.2. The summed E-state index contributed by atoms with van der Waals surface area (Å²) in [5, 5.41) is 13.3. The molecule has 0 aliphatic carbocycles. The third kappa shape index (κ3) is 4.84. The Hall–Kier alpha value is -1.36. The fraction of sp³-hybridized carbons (Fsp3) is 0.294. The molecule has 0 unspecified atom stereocenters. The second kappa shape index (κ2) is 8.17. The maximum Gasteiger partial charge on any atom is 0.133 e. The van der Waals surface area contributed by atoms with Gasteiger partial charge in [0.15, 0.2) is 0 Å². The van der Waals surface area contributed by atoms with Crippen molar-refractivity contribution in [2.45, 2.75) is 12.5 Å². The standard InChI is InChI=1S/C17H20BrNO2/c1-21-17-8-7-13(11-15(17)18)9-10-19-12-16(20)14-5-3-2-4-6-14/h2-8,11,16,19-20H,9-10,12H2,1H3/t16-/m0/s1. The van der Waals surface area contributed by atoms with Crippen molar-refractivity contribution in [3.05, 3.63) is 64.1 Å². The number of aliphatic hydroxyl groups excluding tert-OH is 1. The highest BCUT2D eigenvalue weighted by Gasteiger charge is 2.06. The second-order valence-electron chi connectivity index (χ2n) is 4.85. The molecule has 0 bridgehead atoms. The summed E-state index contributed by atoms with van der Waals surface area (Å²) < 4.78 is 6.18. The van der Waals surface area contributed by atoms with Crippen LogP contribution in [0, 0.1) is 0 Å². The molecule has 0 saturated carbocycles. The Labute approximate surface area is 134 Å². The minimum atomic E-state index is -0.464. The predicted molar refractivity (Wildman–Crippen MR) is 88.7 cm³/mol. The van der Waals surface area contributed by atoms with Crippen molar-refractivity contribution >= 4 is 15.9 Å². The molecule has 3 nitrogen and oxygen atoms in total. The molecule has 0 heterocycles. The molecular formula is C17H20BrNO2. The molecule has 0 amide bonds. The van der Waals surface area contributed by atoms with Gasteiger partial charge in [-0.15, -0.1) is 0 Å². The quantitative estimate of drug-likeness (QED) is 0.753. The maximum atomic E-state index is 10.0. The predicted octanol–water partition coefficient (Wildman–Crippen LogP) is 3.32. The van der Waals surface area contributed by atoms with Crippen LogP contribution in [0.2, 0.25) is 0 Å². The van der Waals surface area contributed by atoms with Crippen LogP contribution in [0.25, 0.3) is 0 Å². The number of hydrogen-bond donors (Lipinski definition) is 2. The molecule has 4 heteroatoms. The Kier molecular flexibility index (Phi) is 6.23. The Morgan fingerprint density at radius 1 is 1.19 bits per heavy atom. The monoisotopic (exact) mass is 349 g/mol. The van der Waals surface area contributed by atoms with Crippen LogP contribution in [0.4, 0.5) is 0 Å². The van der Waals surface area contributed by atoms with Crippen molar-refractivity contribution in [3.8, 4) is 5.75 Å². The maximum absolute atomic E-state index is 10.0. The zero-order valence-corrected chi connectivity index (χ0v) is 13.6. The molecule has 0 spiro atoms. The lowest BCUT2D eigenvalue weighted by Crippen LogP contribution is -2.23. The van der Waals surface area contributed by atoms with E-state index >= 15 is 0 Å². The van der Waals surface area contributed by atoms with Gasteiger partial charge in [0.25, 0.3) is 0 Å². The van der Waals surface area contributed by atoms with Gasteiger partial charge in [-0.1, -0.05) is 36.4 Å². The number of halogens is 1. The summed E-state index contributed by atoms with van der Waals surface area (Å²) in [6.07, 6.45) is 0.443. The number of methoxy groups -OCH3 is 1. The average Bonchev–Trinajstić information content (AvgIpc) is 2.52. The van der Waals surface area contributed by atoms with E-state index in [0.29, 0.717) is 6.54 Å². The van der Waals surface area contributed by atoms with Crippen LogP contribution < -0.4 is 10.1 Å². The van der Waals surface area contributed by atoms with Crippen LogP contribution in [-0.2, 0) is 6.42 Å². The summed E-state index contributed by atoms with van der Waals surface area (Å²) in [5.74, 6) is 0.839. The summed E-state index contributed by atoms with van der Waals surface area (Å²) in [4.78, 5) is 0. The van der Waals surface area contributed by atoms with E-state index in [4.69, 9.17) is 4.74 Å². The third-order valence-electron chi connectivity index (χ3n) is 3.33. The van der Waals surface area contributed by atoms with Gasteiger partial charge in [0.05, 0.1) is 17.7 Å². The van der Waals surface area contributed by atoms with Crippen LogP contribution >= 0.6 is 15.9 Å². The van der Waals surface area contributed by atoms with Crippen LogP contribution in [0.5, 0.6) is 5.75 Å². The van der Waals surface area contributed by atoms with E-state index in [-0.39, 0.29) is 0 Å². The molecule has 0 aliphatic heterocycles. The smallest absolute Gasteiger partial charge is 0.133 e. The molecule has 21 heavy (non-hydrogen) atoms. The van der Waals surface area contributed by atoms with Gasteiger partial charge in [0.1, 0.15) is 5.75 Å². The molecule has 2 aromatic carbocycles. The Bertz CT molecular complexity index is 560. The van der Waals surface area contributed by atoms with Crippen LogP contribution in [0.3, 0.4) is 0 Å². The summed E-state index contributed by atoms with van der Waals surface area (Å²) in [6, 6.07) is 15.8. The highest BCUT2D eigenvalue weighted by atomic mass is 79.9. The van der Waals surface area contributed by atoms with Crippen LogP contribution in [0.15, 0.2) is 53.0 Å². The topological polar surface area (TPSA) is 41.5 Å². The Balaban J connectivity index is 1.76. The average molecular weight is 350 g/mol. The summed E-state index contributed by atoms with van der Waals surface area (Å²) >= 11 is 3.48. The van der Waals surface area contributed by atoms with Gasteiger partial charge in [-0.05, 0) is 52.2 Å². The van der Waals surface area contributed by atoms with Gasteiger partial charge in [-0.2, -0.15) is 0 Å². The Morgan fingerprint density at radius 3 is 2.62 bits per heavy atom. The number of nitrogens with one attached hydrogen (secondary N) is 1. The van der Waals surface area contributed by atoms with Crippen LogP contribution in [0.1, 0.15) is 17.2 Å². The van der Waals surface area contributed by atoms with E-state index in [0.717, 1.165) is 28.8 Å². The van der Waals surface area contributed by atoms with Crippen molar-refractivity contribution < 1.29 is 9.84 Å². The summed E-state index contributed by atoms with van der Waals surface area (Å²) in [6.45, 7) is 1.38. The number of rotatable bonds is 7. The molecule has 2 aromatic rings. The van der Waals surface area contributed by atoms with Crippen molar-refractivity contribution in [1.82, 2.24) is 5.32 Å². The van der Waals surface area contributed by atoms with Gasteiger partial charge in [0.2, 0.25) is 0 Å². The molecule has 112 valence electrons.